The van der Waals surface area contributed by atoms with Crippen LogP contribution in [0.2, 0.25) is 0 Å². The highest BCUT2D eigenvalue weighted by molar-refractivity contribution is 5.29. The van der Waals surface area contributed by atoms with Gasteiger partial charge < -0.3 is 5.32 Å². The number of hydrogen-bond donors (Lipinski definition) is 1. The molecule has 2 heteroatoms. The zero-order valence-corrected chi connectivity index (χ0v) is 11.5. The summed E-state index contributed by atoms with van der Waals surface area (Å²) in [7, 11) is 0. The molecule has 1 aromatic carbocycles. The smallest absolute Gasteiger partial charge is 0.123 e. The largest absolute Gasteiger partial charge is 0.310 e. The first-order chi connectivity index (χ1) is 8.69. The molecule has 1 nitrogen and oxygen atoms in total. The van der Waals surface area contributed by atoms with Crippen molar-refractivity contribution in [2.75, 3.05) is 6.54 Å². The van der Waals surface area contributed by atoms with E-state index in [-0.39, 0.29) is 11.9 Å². The van der Waals surface area contributed by atoms with Crippen LogP contribution in [-0.4, -0.2) is 6.54 Å². The van der Waals surface area contributed by atoms with E-state index in [0.717, 1.165) is 31.4 Å². The maximum atomic E-state index is 13.1. The Bertz CT molecular complexity index is 428. The summed E-state index contributed by atoms with van der Waals surface area (Å²) in [6.45, 7) is 6.94. The van der Waals surface area contributed by atoms with Crippen LogP contribution in [-0.2, 0) is 0 Å². The lowest BCUT2D eigenvalue weighted by molar-refractivity contribution is 0.502. The predicted octanol–water partition coefficient (Wildman–Crippen LogP) is 3.98. The summed E-state index contributed by atoms with van der Waals surface area (Å²) in [6.07, 6.45) is 2.93. The number of rotatable bonds is 6. The van der Waals surface area contributed by atoms with E-state index in [9.17, 15) is 4.39 Å². The molecule has 0 saturated carbocycles. The van der Waals surface area contributed by atoms with Crippen LogP contribution in [0.25, 0.3) is 0 Å². The maximum absolute atomic E-state index is 13.1. The molecule has 0 aliphatic heterocycles. The summed E-state index contributed by atoms with van der Waals surface area (Å²) in [5.41, 5.74) is 2.19. The van der Waals surface area contributed by atoms with Crippen molar-refractivity contribution in [2.45, 2.75) is 46.1 Å². The molecule has 0 radical (unpaired) electrons. The molecule has 1 atom stereocenters. The normalized spacial score (nSPS) is 11.8. The summed E-state index contributed by atoms with van der Waals surface area (Å²) in [4.78, 5) is 0. The van der Waals surface area contributed by atoms with Gasteiger partial charge in [-0.2, -0.15) is 0 Å². The fourth-order valence-corrected chi connectivity index (χ4v) is 2.06. The molecule has 1 aromatic rings. The highest BCUT2D eigenvalue weighted by Crippen LogP contribution is 2.22. The minimum absolute atomic E-state index is 0.168. The summed E-state index contributed by atoms with van der Waals surface area (Å²) in [5, 5.41) is 3.51. The molecule has 0 aliphatic rings. The molecule has 0 amide bonds. The van der Waals surface area contributed by atoms with Crippen molar-refractivity contribution in [3.8, 4) is 11.8 Å². The van der Waals surface area contributed by atoms with Crippen molar-refractivity contribution in [1.29, 1.82) is 0 Å². The van der Waals surface area contributed by atoms with E-state index in [1.165, 1.54) is 11.6 Å². The van der Waals surface area contributed by atoms with Gasteiger partial charge in [0.1, 0.15) is 5.82 Å². The van der Waals surface area contributed by atoms with Gasteiger partial charge in [0.25, 0.3) is 0 Å². The highest BCUT2D eigenvalue weighted by atomic mass is 19.1. The van der Waals surface area contributed by atoms with Gasteiger partial charge >= 0.3 is 0 Å². The zero-order valence-electron chi connectivity index (χ0n) is 11.5. The Labute approximate surface area is 110 Å². The van der Waals surface area contributed by atoms with Crippen molar-refractivity contribution < 1.29 is 4.39 Å². The van der Waals surface area contributed by atoms with Crippen molar-refractivity contribution in [3.63, 3.8) is 0 Å². The van der Waals surface area contributed by atoms with Gasteiger partial charge in [0.2, 0.25) is 0 Å². The number of halogens is 1. The summed E-state index contributed by atoms with van der Waals surface area (Å²) >= 11 is 0. The molecule has 0 fully saturated rings. The molecule has 1 rings (SSSR count). The molecule has 0 aliphatic carbocycles. The number of benzene rings is 1. The molecule has 0 aromatic heterocycles. The molecule has 1 N–H and O–H groups in total. The van der Waals surface area contributed by atoms with Gasteiger partial charge in [-0.1, -0.05) is 13.0 Å². The average Bonchev–Trinajstić information content (AvgIpc) is 2.34. The Morgan fingerprint density at radius 1 is 1.39 bits per heavy atom. The van der Waals surface area contributed by atoms with Crippen molar-refractivity contribution in [3.05, 3.63) is 35.1 Å². The van der Waals surface area contributed by atoms with Crippen LogP contribution < -0.4 is 5.32 Å². The van der Waals surface area contributed by atoms with Gasteiger partial charge in [0.15, 0.2) is 0 Å². The molecule has 98 valence electrons. The van der Waals surface area contributed by atoms with Crippen LogP contribution >= 0.6 is 0 Å². The van der Waals surface area contributed by atoms with Crippen LogP contribution in [0.15, 0.2) is 18.2 Å². The van der Waals surface area contributed by atoms with E-state index < -0.39 is 0 Å². The second kappa shape index (κ2) is 7.89. The summed E-state index contributed by atoms with van der Waals surface area (Å²) in [5.74, 6) is 5.84. The van der Waals surface area contributed by atoms with E-state index in [1.54, 1.807) is 6.07 Å². The lowest BCUT2D eigenvalue weighted by atomic mass is 9.97. The Balaban J connectivity index is 2.81. The molecule has 0 spiro atoms. The van der Waals surface area contributed by atoms with Crippen LogP contribution in [0.3, 0.4) is 0 Å². The first kappa shape index (κ1) is 14.7. The van der Waals surface area contributed by atoms with Crippen LogP contribution in [0.4, 0.5) is 4.39 Å². The van der Waals surface area contributed by atoms with Gasteiger partial charge in [-0.15, -0.1) is 11.8 Å². The molecule has 0 bridgehead atoms. The van der Waals surface area contributed by atoms with Crippen LogP contribution in [0, 0.1) is 24.6 Å². The van der Waals surface area contributed by atoms with E-state index in [0.29, 0.717) is 0 Å². The minimum Gasteiger partial charge on any atom is -0.310 e. The number of hydrogen-bond acceptors (Lipinski definition) is 1. The first-order valence-corrected chi connectivity index (χ1v) is 6.58. The van der Waals surface area contributed by atoms with Crippen LogP contribution in [0.1, 0.15) is 50.3 Å². The summed E-state index contributed by atoms with van der Waals surface area (Å²) < 4.78 is 13.1. The molecule has 0 saturated heterocycles. The second-order valence-electron chi connectivity index (χ2n) is 4.47. The van der Waals surface area contributed by atoms with Gasteiger partial charge in [-0.25, -0.2) is 4.39 Å². The van der Waals surface area contributed by atoms with Gasteiger partial charge in [0, 0.05) is 12.5 Å². The first-order valence-electron chi connectivity index (χ1n) is 6.58. The van der Waals surface area contributed by atoms with Crippen molar-refractivity contribution in [2.24, 2.45) is 0 Å². The monoisotopic (exact) mass is 247 g/mol. The third-order valence-electron chi connectivity index (χ3n) is 2.98. The quantitative estimate of drug-likeness (QED) is 0.750. The SMILES string of the molecule is CC#CCCC(NCCC)c1ccc(F)cc1C. The summed E-state index contributed by atoms with van der Waals surface area (Å²) in [6, 6.07) is 5.29. The third-order valence-corrected chi connectivity index (χ3v) is 2.98. The molecular weight excluding hydrogens is 225 g/mol. The Kier molecular flexibility index (Phi) is 6.46. The van der Waals surface area contributed by atoms with Crippen molar-refractivity contribution >= 4 is 0 Å². The molecule has 1 unspecified atom stereocenters. The molecule has 18 heavy (non-hydrogen) atoms. The molecule has 0 heterocycles. The predicted molar refractivity (Wildman–Crippen MR) is 74.9 cm³/mol. The zero-order chi connectivity index (χ0) is 13.4. The average molecular weight is 247 g/mol. The second-order valence-corrected chi connectivity index (χ2v) is 4.47. The standard InChI is InChI=1S/C16H22FN/c1-4-6-7-8-16(18-11-5-2)15-10-9-14(17)12-13(15)3/h9-10,12,16,18H,5,7-8,11H2,1-3H3. The third kappa shape index (κ3) is 4.50. The number of nitrogens with one attached hydrogen (secondary N) is 1. The van der Waals surface area contributed by atoms with Crippen LogP contribution in [0.5, 0.6) is 0 Å². The Hall–Kier alpha value is -1.33. The lowest BCUT2D eigenvalue weighted by Crippen LogP contribution is -2.22. The Morgan fingerprint density at radius 2 is 2.17 bits per heavy atom. The van der Waals surface area contributed by atoms with Crippen molar-refractivity contribution in [1.82, 2.24) is 5.32 Å². The fourth-order valence-electron chi connectivity index (χ4n) is 2.06. The highest BCUT2D eigenvalue weighted by Gasteiger charge is 2.12. The van der Waals surface area contributed by atoms with E-state index in [2.05, 4.69) is 24.1 Å². The van der Waals surface area contributed by atoms with Gasteiger partial charge in [-0.05, 0) is 56.5 Å². The van der Waals surface area contributed by atoms with Gasteiger partial charge in [0.05, 0.1) is 0 Å². The topological polar surface area (TPSA) is 12.0 Å². The van der Waals surface area contributed by atoms with Gasteiger partial charge in [-0.3, -0.25) is 0 Å². The van der Waals surface area contributed by atoms with E-state index in [4.69, 9.17) is 0 Å². The minimum atomic E-state index is -0.168. The van der Waals surface area contributed by atoms with E-state index in [1.807, 2.05) is 19.9 Å². The lowest BCUT2D eigenvalue weighted by Gasteiger charge is -2.20. The number of aryl methyl sites for hydroxylation is 1. The Morgan fingerprint density at radius 3 is 2.78 bits per heavy atom. The molecular formula is C16H22FN. The van der Waals surface area contributed by atoms with E-state index >= 15 is 0 Å². The fraction of sp³-hybridized carbons (Fsp3) is 0.500. The maximum Gasteiger partial charge on any atom is 0.123 e.